The molecule has 2 bridgehead atoms. The number of nitrogens with zero attached hydrogens (tertiary/aromatic N) is 1. The second-order valence-electron chi connectivity index (χ2n) is 6.44. The summed E-state index contributed by atoms with van der Waals surface area (Å²) in [6.45, 7) is 10.7. The molecular formula is C18H25NO. The van der Waals surface area contributed by atoms with E-state index in [-0.39, 0.29) is 5.41 Å². The molecule has 0 amide bonds. The van der Waals surface area contributed by atoms with Crippen molar-refractivity contribution in [2.24, 2.45) is 5.92 Å². The lowest BCUT2D eigenvalue weighted by Gasteiger charge is -2.55. The Kier molecular flexibility index (Phi) is 3.37. The Bertz CT molecular complexity index is 524. The largest absolute Gasteiger partial charge is 0.508 e. The summed E-state index contributed by atoms with van der Waals surface area (Å²) >= 11 is 0. The second-order valence-corrected chi connectivity index (χ2v) is 6.44. The number of likely N-dealkylation sites (tertiary alicyclic amines) is 1. The van der Waals surface area contributed by atoms with Crippen molar-refractivity contribution < 1.29 is 5.11 Å². The zero-order valence-electron chi connectivity index (χ0n) is 12.6. The second kappa shape index (κ2) is 4.92. The number of piperidine rings is 1. The molecule has 1 aliphatic carbocycles. The van der Waals surface area contributed by atoms with Gasteiger partial charge in [0.25, 0.3) is 0 Å². The van der Waals surface area contributed by atoms with Gasteiger partial charge in [-0.05, 0) is 55.0 Å². The number of aromatic hydroxyl groups is 1. The van der Waals surface area contributed by atoms with Crippen LogP contribution in [0, 0.1) is 5.92 Å². The van der Waals surface area contributed by atoms with E-state index in [1.165, 1.54) is 17.5 Å². The first kappa shape index (κ1) is 13.7. The molecule has 3 atom stereocenters. The van der Waals surface area contributed by atoms with Crippen LogP contribution in [0.1, 0.15) is 37.8 Å². The molecule has 0 aromatic heterocycles. The van der Waals surface area contributed by atoms with Gasteiger partial charge in [0, 0.05) is 18.0 Å². The van der Waals surface area contributed by atoms with Gasteiger partial charge in [0.2, 0.25) is 0 Å². The molecule has 108 valence electrons. The van der Waals surface area contributed by atoms with Crippen molar-refractivity contribution in [2.45, 2.75) is 44.6 Å². The Hall–Kier alpha value is -1.28. The molecule has 1 aromatic carbocycles. The summed E-state index contributed by atoms with van der Waals surface area (Å²) in [7, 11) is 0. The maximum absolute atomic E-state index is 9.89. The van der Waals surface area contributed by atoms with E-state index in [2.05, 4.69) is 31.4 Å². The molecule has 1 N–H and O–H groups in total. The predicted molar refractivity (Wildman–Crippen MR) is 83.1 cm³/mol. The summed E-state index contributed by atoms with van der Waals surface area (Å²) in [4.78, 5) is 2.58. The number of benzene rings is 1. The highest BCUT2D eigenvalue weighted by molar-refractivity contribution is 5.44. The van der Waals surface area contributed by atoms with Gasteiger partial charge in [0.15, 0.2) is 0 Å². The Morgan fingerprint density at radius 3 is 3.00 bits per heavy atom. The number of rotatable bonds is 3. The molecule has 3 unspecified atom stereocenters. The van der Waals surface area contributed by atoms with Gasteiger partial charge in [0.05, 0.1) is 0 Å². The number of hydrogen-bond donors (Lipinski definition) is 1. The number of hydrogen-bond acceptors (Lipinski definition) is 2. The predicted octanol–water partition coefficient (Wildman–Crippen LogP) is 3.49. The highest BCUT2D eigenvalue weighted by atomic mass is 16.3. The molecule has 0 saturated carbocycles. The molecule has 3 rings (SSSR count). The SMILES string of the molecule is C=CCN1CCC2(CC)c3cc(O)ccc3CC1C2C. The Balaban J connectivity index is 2.09. The lowest BCUT2D eigenvalue weighted by atomic mass is 9.57. The zero-order chi connectivity index (χ0) is 14.3. The molecule has 1 saturated heterocycles. The van der Waals surface area contributed by atoms with Gasteiger partial charge in [-0.1, -0.05) is 26.0 Å². The summed E-state index contributed by atoms with van der Waals surface area (Å²) in [5.74, 6) is 1.05. The lowest BCUT2D eigenvalue weighted by Crippen LogP contribution is -2.58. The monoisotopic (exact) mass is 271 g/mol. The van der Waals surface area contributed by atoms with Crippen LogP contribution < -0.4 is 0 Å². The summed E-state index contributed by atoms with van der Waals surface area (Å²) < 4.78 is 0. The molecule has 20 heavy (non-hydrogen) atoms. The van der Waals surface area contributed by atoms with E-state index in [0.717, 1.165) is 25.9 Å². The standard InChI is InChI=1S/C18H25NO/c1-4-9-19-10-8-18(5-2)13(3)17(19)11-14-6-7-15(20)12-16(14)18/h4,6-7,12-13,17,20H,1,5,8-11H2,2-3H3. The Morgan fingerprint density at radius 1 is 1.50 bits per heavy atom. The van der Waals surface area contributed by atoms with Crippen LogP contribution in [0.4, 0.5) is 0 Å². The van der Waals surface area contributed by atoms with Crippen molar-refractivity contribution in [3.8, 4) is 5.75 Å². The van der Waals surface area contributed by atoms with Gasteiger partial charge in [-0.25, -0.2) is 0 Å². The minimum absolute atomic E-state index is 0.245. The molecule has 1 fully saturated rings. The van der Waals surface area contributed by atoms with Crippen molar-refractivity contribution in [3.63, 3.8) is 0 Å². The van der Waals surface area contributed by atoms with E-state index in [9.17, 15) is 5.11 Å². The first-order valence-electron chi connectivity index (χ1n) is 7.79. The van der Waals surface area contributed by atoms with E-state index >= 15 is 0 Å². The quantitative estimate of drug-likeness (QED) is 0.851. The number of fused-ring (bicyclic) bond motifs is 4. The third-order valence-electron chi connectivity index (χ3n) is 5.82. The van der Waals surface area contributed by atoms with Gasteiger partial charge < -0.3 is 5.11 Å². The average molecular weight is 271 g/mol. The summed E-state index contributed by atoms with van der Waals surface area (Å²) in [6.07, 6.45) is 5.47. The van der Waals surface area contributed by atoms with Gasteiger partial charge in [0.1, 0.15) is 5.75 Å². The van der Waals surface area contributed by atoms with Crippen molar-refractivity contribution in [1.82, 2.24) is 4.90 Å². The fourth-order valence-electron chi connectivity index (χ4n) is 4.62. The van der Waals surface area contributed by atoms with E-state index < -0.39 is 0 Å². The first-order valence-corrected chi connectivity index (χ1v) is 7.79. The lowest BCUT2D eigenvalue weighted by molar-refractivity contribution is 0.0285. The molecule has 1 aromatic rings. The van der Waals surface area contributed by atoms with Crippen LogP contribution in [-0.2, 0) is 11.8 Å². The Morgan fingerprint density at radius 2 is 2.30 bits per heavy atom. The summed E-state index contributed by atoms with van der Waals surface area (Å²) in [5, 5.41) is 9.89. The fourth-order valence-corrected chi connectivity index (χ4v) is 4.62. The van der Waals surface area contributed by atoms with Crippen LogP contribution in [0.5, 0.6) is 5.75 Å². The molecule has 2 nitrogen and oxygen atoms in total. The maximum Gasteiger partial charge on any atom is 0.115 e. The van der Waals surface area contributed by atoms with Crippen molar-refractivity contribution in [1.29, 1.82) is 0 Å². The van der Waals surface area contributed by atoms with Crippen LogP contribution in [0.25, 0.3) is 0 Å². The van der Waals surface area contributed by atoms with E-state index in [4.69, 9.17) is 0 Å². The summed E-state index contributed by atoms with van der Waals surface area (Å²) in [6, 6.07) is 6.60. The number of phenols is 1. The average Bonchev–Trinajstić information content (AvgIpc) is 2.44. The van der Waals surface area contributed by atoms with Crippen molar-refractivity contribution in [3.05, 3.63) is 42.0 Å². The number of phenolic OH excluding ortho intramolecular Hbond substituents is 1. The highest BCUT2D eigenvalue weighted by Crippen LogP contribution is 2.51. The van der Waals surface area contributed by atoms with Crippen LogP contribution in [-0.4, -0.2) is 29.1 Å². The third-order valence-corrected chi connectivity index (χ3v) is 5.82. The highest BCUT2D eigenvalue weighted by Gasteiger charge is 2.49. The third kappa shape index (κ3) is 1.81. The molecule has 2 heteroatoms. The molecule has 1 aliphatic heterocycles. The van der Waals surface area contributed by atoms with Gasteiger partial charge >= 0.3 is 0 Å². The summed E-state index contributed by atoms with van der Waals surface area (Å²) in [5.41, 5.74) is 3.08. The van der Waals surface area contributed by atoms with Gasteiger partial charge in [-0.3, -0.25) is 4.90 Å². The Labute approximate surface area is 122 Å². The van der Waals surface area contributed by atoms with Gasteiger partial charge in [-0.15, -0.1) is 6.58 Å². The van der Waals surface area contributed by atoms with E-state index in [0.29, 0.717) is 17.7 Å². The topological polar surface area (TPSA) is 23.5 Å². The minimum Gasteiger partial charge on any atom is -0.508 e. The van der Waals surface area contributed by atoms with Crippen LogP contribution in [0.3, 0.4) is 0 Å². The first-order chi connectivity index (χ1) is 9.62. The van der Waals surface area contributed by atoms with Crippen molar-refractivity contribution >= 4 is 0 Å². The van der Waals surface area contributed by atoms with E-state index in [1.807, 2.05) is 18.2 Å². The maximum atomic E-state index is 9.89. The molecular weight excluding hydrogens is 246 g/mol. The van der Waals surface area contributed by atoms with E-state index in [1.54, 1.807) is 0 Å². The van der Waals surface area contributed by atoms with Crippen LogP contribution in [0.2, 0.25) is 0 Å². The van der Waals surface area contributed by atoms with Crippen LogP contribution in [0.15, 0.2) is 30.9 Å². The fraction of sp³-hybridized carbons (Fsp3) is 0.556. The molecule has 0 radical (unpaired) electrons. The van der Waals surface area contributed by atoms with Crippen molar-refractivity contribution in [2.75, 3.05) is 13.1 Å². The zero-order valence-corrected chi connectivity index (χ0v) is 12.6. The molecule has 1 heterocycles. The van der Waals surface area contributed by atoms with Gasteiger partial charge in [-0.2, -0.15) is 0 Å². The minimum atomic E-state index is 0.245. The molecule has 0 spiro atoms. The normalized spacial score (nSPS) is 32.7. The van der Waals surface area contributed by atoms with Crippen LogP contribution >= 0.6 is 0 Å². The smallest absolute Gasteiger partial charge is 0.115 e. The molecule has 2 aliphatic rings.